The third-order valence-corrected chi connectivity index (χ3v) is 5.73. The van der Waals surface area contributed by atoms with E-state index < -0.39 is 10.0 Å². The van der Waals surface area contributed by atoms with Gasteiger partial charge in [-0.05, 0) is 48.5 Å². The van der Waals surface area contributed by atoms with Gasteiger partial charge in [0.05, 0.1) is 6.26 Å². The third-order valence-electron chi connectivity index (χ3n) is 4.98. The molecule has 1 unspecified atom stereocenters. The second kappa shape index (κ2) is 9.70. The van der Waals surface area contributed by atoms with Crippen LogP contribution in [-0.2, 0) is 14.8 Å². The number of carbonyl (C=O) groups is 2. The van der Waals surface area contributed by atoms with E-state index in [9.17, 15) is 18.0 Å². The molecule has 170 valence electrons. The maximum absolute atomic E-state index is 12.5. The maximum atomic E-state index is 12.5. The Balaban J connectivity index is 1.65. The van der Waals surface area contributed by atoms with Crippen molar-refractivity contribution in [1.29, 1.82) is 0 Å². The van der Waals surface area contributed by atoms with E-state index in [1.165, 1.54) is 0 Å². The molecule has 0 aliphatic carbocycles. The Morgan fingerprint density at radius 3 is 2.28 bits per heavy atom. The summed E-state index contributed by atoms with van der Waals surface area (Å²) >= 11 is 5.85. The van der Waals surface area contributed by atoms with Crippen molar-refractivity contribution < 1.29 is 18.0 Å². The van der Waals surface area contributed by atoms with Crippen LogP contribution in [0.3, 0.4) is 0 Å². The summed E-state index contributed by atoms with van der Waals surface area (Å²) in [6.07, 6.45) is 1.38. The second-order valence-electron chi connectivity index (χ2n) is 7.88. The number of rotatable bonds is 6. The Hall–Kier alpha value is -2.91. The molecule has 2 amide bonds. The lowest BCUT2D eigenvalue weighted by molar-refractivity contribution is -0.117. The molecule has 8 nitrogen and oxygen atoms in total. The van der Waals surface area contributed by atoms with E-state index in [0.717, 1.165) is 6.26 Å². The van der Waals surface area contributed by atoms with Crippen LogP contribution >= 0.6 is 11.6 Å². The average molecular weight is 477 g/mol. The molecule has 1 heterocycles. The van der Waals surface area contributed by atoms with Crippen molar-refractivity contribution in [2.45, 2.75) is 6.42 Å². The first-order chi connectivity index (χ1) is 15.0. The fraction of sp³-hybridized carbons (Fsp3) is 0.318. The Morgan fingerprint density at radius 2 is 1.72 bits per heavy atom. The minimum absolute atomic E-state index is 0.0115. The van der Waals surface area contributed by atoms with Crippen LogP contribution in [0.15, 0.2) is 52.9 Å². The number of nitrogens with one attached hydrogen (secondary N) is 1. The molecule has 0 bridgehead atoms. The first-order valence-electron chi connectivity index (χ1n) is 9.95. The van der Waals surface area contributed by atoms with Crippen molar-refractivity contribution >= 4 is 45.0 Å². The van der Waals surface area contributed by atoms with Gasteiger partial charge in [-0.1, -0.05) is 11.6 Å². The molecule has 1 aliphatic heterocycles. The molecule has 1 aliphatic rings. The highest BCUT2D eigenvalue weighted by Crippen LogP contribution is 2.25. The Labute approximate surface area is 192 Å². The van der Waals surface area contributed by atoms with Gasteiger partial charge < -0.3 is 15.1 Å². The number of amidine groups is 1. The van der Waals surface area contributed by atoms with Gasteiger partial charge in [0.25, 0.3) is 15.9 Å². The molecule has 0 radical (unpaired) electrons. The predicted molar refractivity (Wildman–Crippen MR) is 126 cm³/mol. The number of anilines is 1. The molecule has 0 aromatic heterocycles. The minimum atomic E-state index is -3.55. The van der Waals surface area contributed by atoms with E-state index in [1.54, 1.807) is 72.4 Å². The van der Waals surface area contributed by atoms with Crippen molar-refractivity contribution in [2.75, 3.05) is 38.3 Å². The summed E-state index contributed by atoms with van der Waals surface area (Å²) in [6, 6.07) is 13.6. The van der Waals surface area contributed by atoms with Gasteiger partial charge >= 0.3 is 0 Å². The topological polar surface area (TPSA) is 99.2 Å². The summed E-state index contributed by atoms with van der Waals surface area (Å²) in [4.78, 5) is 28.1. The Kier molecular flexibility index (Phi) is 7.20. The summed E-state index contributed by atoms with van der Waals surface area (Å²) in [5.41, 5.74) is 1.85. The van der Waals surface area contributed by atoms with E-state index in [0.29, 0.717) is 47.2 Å². The van der Waals surface area contributed by atoms with Gasteiger partial charge in [0.15, 0.2) is 0 Å². The fourth-order valence-electron chi connectivity index (χ4n) is 3.45. The lowest BCUT2D eigenvalue weighted by Crippen LogP contribution is -2.31. The van der Waals surface area contributed by atoms with Crippen molar-refractivity contribution in [2.24, 2.45) is 10.3 Å². The van der Waals surface area contributed by atoms with Gasteiger partial charge in [0.1, 0.15) is 5.84 Å². The van der Waals surface area contributed by atoms with Crippen LogP contribution in [0.1, 0.15) is 22.3 Å². The average Bonchev–Trinajstić information content (AvgIpc) is 3.10. The van der Waals surface area contributed by atoms with Crippen LogP contribution in [0.4, 0.5) is 5.69 Å². The molecule has 1 fully saturated rings. The van der Waals surface area contributed by atoms with Crippen LogP contribution in [0.5, 0.6) is 0 Å². The summed E-state index contributed by atoms with van der Waals surface area (Å²) in [5, 5.41) is 3.43. The van der Waals surface area contributed by atoms with E-state index >= 15 is 0 Å². The Bertz CT molecular complexity index is 1130. The van der Waals surface area contributed by atoms with E-state index in [4.69, 9.17) is 11.6 Å². The van der Waals surface area contributed by atoms with Crippen LogP contribution in [0, 0.1) is 5.92 Å². The minimum Gasteiger partial charge on any atom is -0.362 e. The second-order valence-corrected chi connectivity index (χ2v) is 9.97. The first-order valence-corrected chi connectivity index (χ1v) is 12.2. The highest BCUT2D eigenvalue weighted by Gasteiger charge is 2.31. The number of benzene rings is 2. The zero-order valence-corrected chi connectivity index (χ0v) is 19.7. The third kappa shape index (κ3) is 6.08. The number of halogens is 1. The quantitative estimate of drug-likeness (QED) is 0.509. The first kappa shape index (κ1) is 23.7. The normalized spacial score (nSPS) is 16.9. The molecular weight excluding hydrogens is 452 g/mol. The molecule has 2 aromatic carbocycles. The number of sulfonamides is 1. The number of nitrogens with zero attached hydrogens (tertiary/aromatic N) is 3. The molecule has 1 N–H and O–H groups in total. The lowest BCUT2D eigenvalue weighted by Gasteiger charge is -2.19. The Morgan fingerprint density at radius 1 is 1.12 bits per heavy atom. The van der Waals surface area contributed by atoms with Crippen molar-refractivity contribution in [3.05, 3.63) is 64.7 Å². The summed E-state index contributed by atoms with van der Waals surface area (Å²) < 4.78 is 27.0. The maximum Gasteiger partial charge on any atom is 0.252 e. The van der Waals surface area contributed by atoms with Gasteiger partial charge in [0, 0.05) is 61.4 Å². The van der Waals surface area contributed by atoms with Crippen LogP contribution in [0.25, 0.3) is 0 Å². The van der Waals surface area contributed by atoms with E-state index in [2.05, 4.69) is 9.71 Å². The van der Waals surface area contributed by atoms with Crippen molar-refractivity contribution in [3.8, 4) is 0 Å². The smallest absolute Gasteiger partial charge is 0.252 e. The molecule has 2 aromatic rings. The lowest BCUT2D eigenvalue weighted by atomic mass is 10.1. The summed E-state index contributed by atoms with van der Waals surface area (Å²) in [6.45, 7) is 0.866. The molecule has 0 spiro atoms. The summed E-state index contributed by atoms with van der Waals surface area (Å²) in [7, 11) is -0.127. The summed E-state index contributed by atoms with van der Waals surface area (Å²) in [5.74, 6) is 0.0663. The van der Waals surface area contributed by atoms with E-state index in [1.807, 2.05) is 0 Å². The van der Waals surface area contributed by atoms with Gasteiger partial charge in [0.2, 0.25) is 5.91 Å². The van der Waals surface area contributed by atoms with Gasteiger partial charge in [-0.25, -0.2) is 8.42 Å². The van der Waals surface area contributed by atoms with Crippen molar-refractivity contribution in [1.82, 2.24) is 10.2 Å². The zero-order valence-electron chi connectivity index (χ0n) is 18.1. The van der Waals surface area contributed by atoms with Gasteiger partial charge in [-0.3, -0.25) is 9.59 Å². The fourth-order valence-corrected chi connectivity index (χ4v) is 4.16. The van der Waals surface area contributed by atoms with E-state index in [-0.39, 0.29) is 17.7 Å². The molecule has 1 atom stereocenters. The monoisotopic (exact) mass is 476 g/mol. The molecule has 3 rings (SSSR count). The van der Waals surface area contributed by atoms with Gasteiger partial charge in [-0.2, -0.15) is 0 Å². The largest absolute Gasteiger partial charge is 0.362 e. The molecule has 0 saturated carbocycles. The standard InChI is InChI=1S/C22H25ClN4O4S/c1-26(2)21(25-32(3,30)31)16-6-10-19(11-7-16)27-14-15(12-20(27)28)13-24-22(29)17-4-8-18(23)9-5-17/h4-11,15H,12-14H2,1-3H3,(H,24,29). The zero-order chi connectivity index (χ0) is 23.5. The van der Waals surface area contributed by atoms with Crippen molar-refractivity contribution in [3.63, 3.8) is 0 Å². The number of hydrogen-bond donors (Lipinski definition) is 1. The SMILES string of the molecule is CN(C)C(=NS(C)(=O)=O)c1ccc(N2CC(CNC(=O)c3ccc(Cl)cc3)CC2=O)cc1. The number of carbonyl (C=O) groups excluding carboxylic acids is 2. The van der Waals surface area contributed by atoms with Crippen LogP contribution in [0.2, 0.25) is 5.02 Å². The number of hydrogen-bond acceptors (Lipinski definition) is 4. The van der Waals surface area contributed by atoms with Crippen LogP contribution in [-0.4, -0.2) is 64.4 Å². The highest BCUT2D eigenvalue weighted by molar-refractivity contribution is 7.89. The predicted octanol–water partition coefficient (Wildman–Crippen LogP) is 2.39. The van der Waals surface area contributed by atoms with Gasteiger partial charge in [-0.15, -0.1) is 4.40 Å². The highest BCUT2D eigenvalue weighted by atomic mass is 35.5. The number of amides is 2. The molecule has 1 saturated heterocycles. The molecule has 32 heavy (non-hydrogen) atoms. The molecule has 10 heteroatoms. The molecular formula is C22H25ClN4O4S. The van der Waals surface area contributed by atoms with Crippen LogP contribution < -0.4 is 10.2 Å².